The zero-order valence-corrected chi connectivity index (χ0v) is 21.5. The van der Waals surface area contributed by atoms with Crippen LogP contribution >= 0.6 is 0 Å². The van der Waals surface area contributed by atoms with Crippen LogP contribution in [-0.2, 0) is 9.84 Å². The second-order valence-corrected chi connectivity index (χ2v) is 12.3. The summed E-state index contributed by atoms with van der Waals surface area (Å²) in [5, 5.41) is 20.2. The summed E-state index contributed by atoms with van der Waals surface area (Å²) >= 11 is 0. The van der Waals surface area contributed by atoms with Gasteiger partial charge in [0.15, 0.2) is 15.6 Å². The van der Waals surface area contributed by atoms with E-state index in [1.165, 1.54) is 6.08 Å². The summed E-state index contributed by atoms with van der Waals surface area (Å²) in [6.45, 7) is 13.7. The molecule has 0 radical (unpaired) electrons. The minimum atomic E-state index is -3.67. The van der Waals surface area contributed by atoms with E-state index < -0.39 is 20.9 Å². The van der Waals surface area contributed by atoms with E-state index in [4.69, 9.17) is 0 Å². The van der Waals surface area contributed by atoms with Gasteiger partial charge in [0.2, 0.25) is 0 Å². The molecule has 0 bridgehead atoms. The van der Waals surface area contributed by atoms with Crippen molar-refractivity contribution in [3.8, 4) is 0 Å². The Hall–Kier alpha value is -1.69. The van der Waals surface area contributed by atoms with Crippen LogP contribution in [0, 0.1) is 12.3 Å². The first kappa shape index (κ1) is 26.6. The van der Waals surface area contributed by atoms with Crippen LogP contribution in [0.2, 0.25) is 0 Å². The van der Waals surface area contributed by atoms with E-state index in [0.717, 1.165) is 41.5 Å². The molecule has 4 nitrogen and oxygen atoms in total. The molecule has 0 aliphatic heterocycles. The quantitative estimate of drug-likeness (QED) is 0.366. The van der Waals surface area contributed by atoms with Crippen LogP contribution in [-0.4, -0.2) is 29.7 Å². The highest BCUT2D eigenvalue weighted by atomic mass is 32.2. The van der Waals surface area contributed by atoms with Gasteiger partial charge in [0.1, 0.15) is 0 Å². The van der Waals surface area contributed by atoms with Crippen molar-refractivity contribution in [1.29, 1.82) is 0 Å². The highest BCUT2D eigenvalue weighted by Gasteiger charge is 2.40. The molecule has 1 unspecified atom stereocenters. The van der Waals surface area contributed by atoms with Crippen LogP contribution in [0.25, 0.3) is 0 Å². The Morgan fingerprint density at radius 3 is 2.25 bits per heavy atom. The standard InChI is InChI=1S/C27H40O4S/c1-8-19(2)17-27(28,29)18-21(4)16-24(25-22(5)10-9-15-26(25,6)7)32(30,31)23-13-11-20(3)12-14-23/h8,11-14,18,24,28-29H,9-10,15-17H2,1-7H3/b19-8+,21-18-. The smallest absolute Gasteiger partial charge is 0.186 e. The van der Waals surface area contributed by atoms with Crippen molar-refractivity contribution in [3.05, 3.63) is 64.3 Å². The highest BCUT2D eigenvalue weighted by Crippen LogP contribution is 2.46. The van der Waals surface area contributed by atoms with Gasteiger partial charge in [-0.15, -0.1) is 0 Å². The maximum absolute atomic E-state index is 13.9. The summed E-state index contributed by atoms with van der Waals surface area (Å²) in [4.78, 5) is 0.312. The molecule has 0 fully saturated rings. The van der Waals surface area contributed by atoms with Crippen molar-refractivity contribution in [1.82, 2.24) is 0 Å². The summed E-state index contributed by atoms with van der Waals surface area (Å²) < 4.78 is 27.8. The van der Waals surface area contributed by atoms with Crippen molar-refractivity contribution in [2.75, 3.05) is 0 Å². The van der Waals surface area contributed by atoms with Crippen LogP contribution < -0.4 is 0 Å². The lowest BCUT2D eigenvalue weighted by molar-refractivity contribution is -0.116. The maximum Gasteiger partial charge on any atom is 0.186 e. The van der Waals surface area contributed by atoms with Crippen LogP contribution in [0.4, 0.5) is 0 Å². The Morgan fingerprint density at radius 1 is 1.12 bits per heavy atom. The van der Waals surface area contributed by atoms with Gasteiger partial charge in [0.25, 0.3) is 0 Å². The Morgan fingerprint density at radius 2 is 1.72 bits per heavy atom. The zero-order valence-electron chi connectivity index (χ0n) is 20.7. The molecule has 1 atom stereocenters. The minimum absolute atomic E-state index is 0.0867. The van der Waals surface area contributed by atoms with Crippen molar-refractivity contribution >= 4 is 9.84 Å². The Balaban J connectivity index is 2.57. The van der Waals surface area contributed by atoms with Gasteiger partial charge in [-0.05, 0) is 89.5 Å². The normalized spacial score (nSPS) is 19.3. The molecule has 5 heteroatoms. The van der Waals surface area contributed by atoms with E-state index in [-0.39, 0.29) is 18.3 Å². The molecule has 1 aromatic rings. The first-order valence-corrected chi connectivity index (χ1v) is 13.0. The number of benzene rings is 1. The Bertz CT molecular complexity index is 1010. The van der Waals surface area contributed by atoms with Gasteiger partial charge in [-0.25, -0.2) is 8.42 Å². The van der Waals surface area contributed by atoms with E-state index in [1.54, 1.807) is 19.1 Å². The number of aliphatic hydroxyl groups is 2. The number of allylic oxidation sites excluding steroid dienone is 3. The number of hydrogen-bond donors (Lipinski definition) is 2. The molecule has 0 amide bonds. The molecule has 0 heterocycles. The molecule has 1 aromatic carbocycles. The molecule has 0 saturated heterocycles. The topological polar surface area (TPSA) is 74.6 Å². The molecule has 1 aliphatic carbocycles. The first-order chi connectivity index (χ1) is 14.7. The van der Waals surface area contributed by atoms with Gasteiger partial charge in [0.05, 0.1) is 10.1 Å². The fraction of sp³-hybridized carbons (Fsp3) is 0.556. The van der Waals surface area contributed by atoms with Gasteiger partial charge >= 0.3 is 0 Å². The molecule has 0 spiro atoms. The lowest BCUT2D eigenvalue weighted by Gasteiger charge is -2.39. The minimum Gasteiger partial charge on any atom is -0.362 e. The number of sulfone groups is 1. The molecule has 2 N–H and O–H groups in total. The molecule has 1 aliphatic rings. The van der Waals surface area contributed by atoms with Crippen LogP contribution in [0.15, 0.2) is 63.6 Å². The van der Waals surface area contributed by atoms with Gasteiger partial charge in [-0.1, -0.05) is 54.3 Å². The van der Waals surface area contributed by atoms with Crippen molar-refractivity contribution in [2.24, 2.45) is 5.41 Å². The summed E-state index contributed by atoms with van der Waals surface area (Å²) in [5.41, 5.74) is 4.40. The molecule has 0 saturated carbocycles. The van der Waals surface area contributed by atoms with Crippen molar-refractivity contribution in [3.63, 3.8) is 0 Å². The largest absolute Gasteiger partial charge is 0.362 e. The lowest BCUT2D eigenvalue weighted by atomic mass is 9.70. The fourth-order valence-corrected chi connectivity index (χ4v) is 7.08. The second-order valence-electron chi connectivity index (χ2n) is 10.2. The average Bonchev–Trinajstić information content (AvgIpc) is 2.65. The monoisotopic (exact) mass is 460 g/mol. The van der Waals surface area contributed by atoms with E-state index in [2.05, 4.69) is 13.8 Å². The third kappa shape index (κ3) is 6.43. The van der Waals surface area contributed by atoms with Gasteiger partial charge < -0.3 is 10.2 Å². The zero-order chi connectivity index (χ0) is 24.3. The van der Waals surface area contributed by atoms with Crippen LogP contribution in [0.3, 0.4) is 0 Å². The predicted octanol–water partition coefficient (Wildman–Crippen LogP) is 6.04. The molecular formula is C27H40O4S. The highest BCUT2D eigenvalue weighted by molar-refractivity contribution is 7.92. The number of rotatable bonds is 8. The van der Waals surface area contributed by atoms with Crippen LogP contribution in [0.5, 0.6) is 0 Å². The summed E-state index contributed by atoms with van der Waals surface area (Å²) in [6.07, 6.45) is 6.44. The first-order valence-electron chi connectivity index (χ1n) is 11.4. The molecule has 0 aromatic heterocycles. The molecule has 2 rings (SSSR count). The molecule has 32 heavy (non-hydrogen) atoms. The molecule has 178 valence electrons. The lowest BCUT2D eigenvalue weighted by Crippen LogP contribution is -2.35. The van der Waals surface area contributed by atoms with E-state index in [1.807, 2.05) is 45.9 Å². The number of aryl methyl sites for hydroxylation is 1. The SMILES string of the molecule is C/C=C(\C)CC(O)(O)/C=C(/C)CC(C1=C(C)CCCC1(C)C)S(=O)(=O)c1ccc(C)cc1. The van der Waals surface area contributed by atoms with Gasteiger partial charge in [-0.2, -0.15) is 0 Å². The van der Waals surface area contributed by atoms with Crippen molar-refractivity contribution < 1.29 is 18.6 Å². The van der Waals surface area contributed by atoms with Crippen molar-refractivity contribution in [2.45, 2.75) is 96.5 Å². The fourth-order valence-electron chi connectivity index (χ4n) is 4.92. The summed E-state index contributed by atoms with van der Waals surface area (Å²) in [6, 6.07) is 7.01. The molecular weight excluding hydrogens is 420 g/mol. The third-order valence-electron chi connectivity index (χ3n) is 6.61. The third-order valence-corrected chi connectivity index (χ3v) is 8.69. The van der Waals surface area contributed by atoms with Gasteiger partial charge in [-0.3, -0.25) is 0 Å². The number of hydrogen-bond acceptors (Lipinski definition) is 4. The second kappa shape index (κ2) is 10.1. The maximum atomic E-state index is 13.9. The van der Waals surface area contributed by atoms with E-state index in [9.17, 15) is 18.6 Å². The van der Waals surface area contributed by atoms with Crippen LogP contribution in [0.1, 0.15) is 79.2 Å². The van der Waals surface area contributed by atoms with E-state index >= 15 is 0 Å². The predicted molar refractivity (Wildman–Crippen MR) is 132 cm³/mol. The van der Waals surface area contributed by atoms with E-state index in [0.29, 0.717) is 10.5 Å². The Kier molecular flexibility index (Phi) is 8.35. The Labute approximate surface area is 194 Å². The summed E-state index contributed by atoms with van der Waals surface area (Å²) in [5.74, 6) is -2.01. The summed E-state index contributed by atoms with van der Waals surface area (Å²) in [7, 11) is -3.67. The van der Waals surface area contributed by atoms with Gasteiger partial charge in [0, 0.05) is 6.42 Å². The average molecular weight is 461 g/mol.